The van der Waals surface area contributed by atoms with Crippen LogP contribution in [0.15, 0.2) is 93.8 Å². The minimum Gasteiger partial charge on any atom is -0.354 e. The maximum absolute atomic E-state index is 12.9. The van der Waals surface area contributed by atoms with Crippen molar-refractivity contribution in [2.75, 3.05) is 5.32 Å². The van der Waals surface area contributed by atoms with Gasteiger partial charge in [-0.25, -0.2) is 10.1 Å². The zero-order valence-corrected chi connectivity index (χ0v) is 20.7. The van der Waals surface area contributed by atoms with E-state index in [2.05, 4.69) is 45.2 Å². The second-order valence-corrected chi connectivity index (χ2v) is 10.3. The van der Waals surface area contributed by atoms with E-state index in [4.69, 9.17) is 0 Å². The Bertz CT molecular complexity index is 1620. The van der Waals surface area contributed by atoms with Crippen LogP contribution in [0.5, 0.6) is 0 Å². The summed E-state index contributed by atoms with van der Waals surface area (Å²) in [4.78, 5) is 16.8. The number of rotatable bonds is 4. The Labute approximate surface area is 210 Å². The fourth-order valence-electron chi connectivity index (χ4n) is 4.02. The first-order valence-electron chi connectivity index (χ1n) is 11.1. The molecular weight excluding hydrogens is 474 g/mol. The molecule has 1 amide bonds. The van der Waals surface area contributed by atoms with Crippen molar-refractivity contribution in [3.63, 3.8) is 0 Å². The van der Waals surface area contributed by atoms with E-state index >= 15 is 0 Å². The molecular formula is C27H21N5OS2. The smallest absolute Gasteiger partial charge is 0.281 e. The molecule has 0 saturated carbocycles. The van der Waals surface area contributed by atoms with Crippen molar-refractivity contribution in [1.82, 2.24) is 15.2 Å². The van der Waals surface area contributed by atoms with Crippen LogP contribution in [0.2, 0.25) is 0 Å². The first kappa shape index (κ1) is 21.6. The lowest BCUT2D eigenvalue weighted by Crippen LogP contribution is -2.18. The molecule has 8 heteroatoms. The van der Waals surface area contributed by atoms with Gasteiger partial charge in [0.05, 0.1) is 33.3 Å². The third-order valence-corrected chi connectivity index (χ3v) is 8.13. The van der Waals surface area contributed by atoms with E-state index in [1.807, 2.05) is 73.1 Å². The number of para-hydroxylation sites is 2. The highest BCUT2D eigenvalue weighted by atomic mass is 32.2. The first-order chi connectivity index (χ1) is 17.1. The number of hydrazone groups is 1. The molecule has 1 aliphatic heterocycles. The molecule has 5 aromatic rings. The van der Waals surface area contributed by atoms with Crippen molar-refractivity contribution in [2.24, 2.45) is 5.10 Å². The highest BCUT2D eigenvalue weighted by Crippen LogP contribution is 2.44. The van der Waals surface area contributed by atoms with Gasteiger partial charge < -0.3 is 5.32 Å². The highest BCUT2D eigenvalue weighted by Gasteiger charge is 2.18. The Kier molecular flexibility index (Phi) is 5.39. The second kappa shape index (κ2) is 8.72. The number of benzene rings is 3. The number of aromatic nitrogens is 2. The molecule has 172 valence electrons. The maximum atomic E-state index is 12.9. The molecule has 0 atom stereocenters. The third-order valence-electron chi connectivity index (χ3n) is 5.87. The van der Waals surface area contributed by atoms with Gasteiger partial charge in [-0.1, -0.05) is 48.2 Å². The van der Waals surface area contributed by atoms with E-state index in [0.29, 0.717) is 4.88 Å². The van der Waals surface area contributed by atoms with E-state index in [0.717, 1.165) is 49.1 Å². The topological polar surface area (TPSA) is 71.3 Å². The maximum Gasteiger partial charge on any atom is 0.281 e. The quantitative estimate of drug-likeness (QED) is 0.209. The minimum atomic E-state index is -0.231. The predicted molar refractivity (Wildman–Crippen MR) is 144 cm³/mol. The van der Waals surface area contributed by atoms with Gasteiger partial charge in [0.2, 0.25) is 0 Å². The number of hydrogen-bond donors (Lipinski definition) is 2. The SMILES string of the molecule is CC(=NNC(=O)c1cc2c(C)nn(-c3ccccc3)c2s1)c1ccc2c(c1)Nc1ccccc1S2. The summed E-state index contributed by atoms with van der Waals surface area (Å²) in [6.45, 7) is 3.85. The molecule has 3 heterocycles. The van der Waals surface area contributed by atoms with Gasteiger partial charge >= 0.3 is 0 Å². The van der Waals surface area contributed by atoms with Crippen LogP contribution in [0, 0.1) is 6.92 Å². The first-order valence-corrected chi connectivity index (χ1v) is 12.8. The number of aryl methyl sites for hydroxylation is 1. The van der Waals surface area contributed by atoms with Gasteiger partial charge in [-0.3, -0.25) is 4.79 Å². The predicted octanol–water partition coefficient (Wildman–Crippen LogP) is 6.76. The number of thiophene rings is 1. The Morgan fingerprint density at radius 2 is 1.74 bits per heavy atom. The molecule has 0 aliphatic carbocycles. The van der Waals surface area contributed by atoms with Gasteiger partial charge in [0, 0.05) is 15.2 Å². The van der Waals surface area contributed by atoms with Crippen molar-refractivity contribution in [1.29, 1.82) is 0 Å². The lowest BCUT2D eigenvalue weighted by Gasteiger charge is -2.21. The average molecular weight is 496 g/mol. The monoisotopic (exact) mass is 495 g/mol. The molecule has 6 rings (SSSR count). The molecule has 2 N–H and O–H groups in total. The summed E-state index contributed by atoms with van der Waals surface area (Å²) < 4.78 is 1.89. The van der Waals surface area contributed by atoms with Crippen LogP contribution in [0.1, 0.15) is 27.9 Å². The van der Waals surface area contributed by atoms with E-state index in [-0.39, 0.29) is 5.91 Å². The van der Waals surface area contributed by atoms with Crippen LogP contribution < -0.4 is 10.7 Å². The molecule has 6 nitrogen and oxygen atoms in total. The van der Waals surface area contributed by atoms with E-state index < -0.39 is 0 Å². The van der Waals surface area contributed by atoms with E-state index in [1.165, 1.54) is 16.2 Å². The van der Waals surface area contributed by atoms with Gasteiger partial charge in [-0.15, -0.1) is 11.3 Å². The molecule has 3 aromatic carbocycles. The van der Waals surface area contributed by atoms with Crippen LogP contribution in [-0.4, -0.2) is 21.4 Å². The fraction of sp³-hybridized carbons (Fsp3) is 0.0741. The summed E-state index contributed by atoms with van der Waals surface area (Å²) in [6, 6.07) is 26.3. The van der Waals surface area contributed by atoms with Crippen LogP contribution in [-0.2, 0) is 0 Å². The van der Waals surface area contributed by atoms with Crippen molar-refractivity contribution < 1.29 is 4.79 Å². The number of nitrogens with zero attached hydrogens (tertiary/aromatic N) is 3. The minimum absolute atomic E-state index is 0.231. The average Bonchev–Trinajstić information content (AvgIpc) is 3.46. The van der Waals surface area contributed by atoms with Crippen molar-refractivity contribution >= 4 is 56.3 Å². The normalized spacial score (nSPS) is 12.7. The second-order valence-electron chi connectivity index (χ2n) is 8.23. The Hall–Kier alpha value is -3.88. The molecule has 0 unspecified atom stereocenters. The number of anilines is 2. The molecule has 0 bridgehead atoms. The van der Waals surface area contributed by atoms with Gasteiger partial charge in [-0.2, -0.15) is 10.2 Å². The number of nitrogens with one attached hydrogen (secondary N) is 2. The molecule has 1 aliphatic rings. The summed E-state index contributed by atoms with van der Waals surface area (Å²) in [5.41, 5.74) is 8.40. The van der Waals surface area contributed by atoms with Crippen LogP contribution in [0.3, 0.4) is 0 Å². The Balaban J connectivity index is 1.22. The zero-order valence-electron chi connectivity index (χ0n) is 19.1. The van der Waals surface area contributed by atoms with E-state index in [1.54, 1.807) is 11.8 Å². The third kappa shape index (κ3) is 4.00. The number of carbonyl (C=O) groups is 1. The number of amides is 1. The lowest BCUT2D eigenvalue weighted by atomic mass is 10.1. The fourth-order valence-corrected chi connectivity index (χ4v) is 6.06. The molecule has 0 radical (unpaired) electrons. The lowest BCUT2D eigenvalue weighted by molar-refractivity contribution is 0.0959. The summed E-state index contributed by atoms with van der Waals surface area (Å²) >= 11 is 3.16. The Morgan fingerprint density at radius 1 is 0.971 bits per heavy atom. The molecule has 2 aromatic heterocycles. The van der Waals surface area contributed by atoms with Gasteiger partial charge in [0.15, 0.2) is 0 Å². The molecule has 0 spiro atoms. The summed E-state index contributed by atoms with van der Waals surface area (Å²) in [7, 11) is 0. The summed E-state index contributed by atoms with van der Waals surface area (Å²) in [5.74, 6) is -0.231. The largest absolute Gasteiger partial charge is 0.354 e. The molecule has 35 heavy (non-hydrogen) atoms. The van der Waals surface area contributed by atoms with Gasteiger partial charge in [-0.05, 0) is 61.9 Å². The van der Waals surface area contributed by atoms with Gasteiger partial charge in [0.25, 0.3) is 5.91 Å². The van der Waals surface area contributed by atoms with Gasteiger partial charge in [0.1, 0.15) is 4.83 Å². The number of fused-ring (bicyclic) bond motifs is 3. The Morgan fingerprint density at radius 3 is 2.60 bits per heavy atom. The van der Waals surface area contributed by atoms with Crippen LogP contribution >= 0.6 is 23.1 Å². The summed E-state index contributed by atoms with van der Waals surface area (Å²) in [5, 5.41) is 13.5. The van der Waals surface area contributed by atoms with Crippen molar-refractivity contribution in [3.8, 4) is 5.69 Å². The standard InChI is InChI=1S/C27H21N5OS2/c1-16(18-12-13-24-22(14-18)28-21-10-6-7-11-23(21)34-24)29-30-26(33)25-15-20-17(2)31-32(27(20)35-25)19-8-4-3-5-9-19/h3-15,28H,1-2H3,(H,30,33). The highest BCUT2D eigenvalue weighted by molar-refractivity contribution is 7.99. The van der Waals surface area contributed by atoms with Crippen molar-refractivity contribution in [2.45, 2.75) is 23.6 Å². The molecule has 0 fully saturated rings. The molecule has 0 saturated heterocycles. The van der Waals surface area contributed by atoms with E-state index in [9.17, 15) is 4.79 Å². The summed E-state index contributed by atoms with van der Waals surface area (Å²) in [6.07, 6.45) is 0. The number of carbonyl (C=O) groups excluding carboxylic acids is 1. The number of hydrogen-bond acceptors (Lipinski definition) is 6. The zero-order chi connectivity index (χ0) is 23.9. The van der Waals surface area contributed by atoms with Crippen molar-refractivity contribution in [3.05, 3.63) is 95.0 Å². The van der Waals surface area contributed by atoms with Crippen LogP contribution in [0.25, 0.3) is 15.9 Å². The van der Waals surface area contributed by atoms with Crippen LogP contribution in [0.4, 0.5) is 11.4 Å².